The van der Waals surface area contributed by atoms with Gasteiger partial charge in [0.1, 0.15) is 0 Å². The van der Waals surface area contributed by atoms with Gasteiger partial charge in [0.05, 0.1) is 0 Å². The number of nitrogens with two attached hydrogens (primary N) is 1. The Balaban J connectivity index is 2.30. The Kier molecular flexibility index (Phi) is 4.64. The lowest BCUT2D eigenvalue weighted by molar-refractivity contribution is 0.145. The van der Waals surface area contributed by atoms with E-state index in [1.165, 1.54) is 19.3 Å². The van der Waals surface area contributed by atoms with Gasteiger partial charge in [0.25, 0.3) is 0 Å². The van der Waals surface area contributed by atoms with Crippen molar-refractivity contribution < 1.29 is 0 Å². The fourth-order valence-electron chi connectivity index (χ4n) is 3.58. The summed E-state index contributed by atoms with van der Waals surface area (Å²) in [4.78, 5) is 0. The van der Waals surface area contributed by atoms with Crippen molar-refractivity contribution >= 4 is 27.5 Å². The first-order valence-corrected chi connectivity index (χ1v) is 8.22. The van der Waals surface area contributed by atoms with Crippen LogP contribution in [0.4, 0.5) is 0 Å². The van der Waals surface area contributed by atoms with E-state index in [-0.39, 0.29) is 5.54 Å². The lowest BCUT2D eigenvalue weighted by Crippen LogP contribution is -2.44. The molecule has 1 aromatic carbocycles. The molecule has 1 aliphatic rings. The van der Waals surface area contributed by atoms with E-state index in [2.05, 4.69) is 42.8 Å². The van der Waals surface area contributed by atoms with Crippen molar-refractivity contribution in [2.24, 2.45) is 23.5 Å². The SMILES string of the molecule is CC1CC(C)CC(C(C)(N)c2ccc(Br)cc2Cl)C1. The molecule has 1 fully saturated rings. The molecule has 19 heavy (non-hydrogen) atoms. The topological polar surface area (TPSA) is 26.0 Å². The lowest BCUT2D eigenvalue weighted by Gasteiger charge is -2.42. The standard InChI is InChI=1S/C16H23BrClN/c1-10-6-11(2)8-12(7-10)16(3,19)14-5-4-13(17)9-15(14)18/h4-5,9-12H,6-8,19H2,1-3H3. The molecule has 0 radical (unpaired) electrons. The maximum atomic E-state index is 6.69. The van der Waals surface area contributed by atoms with Crippen LogP contribution in [0.5, 0.6) is 0 Å². The lowest BCUT2D eigenvalue weighted by atomic mass is 9.67. The summed E-state index contributed by atoms with van der Waals surface area (Å²) in [6.07, 6.45) is 3.72. The van der Waals surface area contributed by atoms with Crippen molar-refractivity contribution in [1.29, 1.82) is 0 Å². The first-order valence-electron chi connectivity index (χ1n) is 7.05. The van der Waals surface area contributed by atoms with Crippen molar-refractivity contribution in [3.05, 3.63) is 33.3 Å². The van der Waals surface area contributed by atoms with Crippen LogP contribution >= 0.6 is 27.5 Å². The van der Waals surface area contributed by atoms with Gasteiger partial charge in [0.2, 0.25) is 0 Å². The highest BCUT2D eigenvalue weighted by molar-refractivity contribution is 9.10. The fraction of sp³-hybridized carbons (Fsp3) is 0.625. The third-order valence-electron chi connectivity index (χ3n) is 4.54. The van der Waals surface area contributed by atoms with Crippen molar-refractivity contribution in [1.82, 2.24) is 0 Å². The average molecular weight is 345 g/mol. The number of halogens is 2. The quantitative estimate of drug-likeness (QED) is 0.769. The highest BCUT2D eigenvalue weighted by Crippen LogP contribution is 2.43. The van der Waals surface area contributed by atoms with E-state index in [9.17, 15) is 0 Å². The molecule has 3 unspecified atom stereocenters. The molecule has 2 N–H and O–H groups in total. The van der Waals surface area contributed by atoms with Crippen LogP contribution in [0.3, 0.4) is 0 Å². The van der Waals surface area contributed by atoms with Crippen LogP contribution in [-0.2, 0) is 5.54 Å². The Hall–Kier alpha value is -0.0500. The Morgan fingerprint density at radius 3 is 2.32 bits per heavy atom. The highest BCUT2D eigenvalue weighted by atomic mass is 79.9. The molecule has 1 saturated carbocycles. The minimum absolute atomic E-state index is 0.347. The monoisotopic (exact) mass is 343 g/mol. The van der Waals surface area contributed by atoms with Crippen molar-refractivity contribution in [3.63, 3.8) is 0 Å². The molecule has 2 rings (SSSR count). The summed E-state index contributed by atoms with van der Waals surface area (Å²) >= 11 is 9.85. The first-order chi connectivity index (χ1) is 8.80. The summed E-state index contributed by atoms with van der Waals surface area (Å²) in [6.45, 7) is 6.81. The molecule has 3 atom stereocenters. The smallest absolute Gasteiger partial charge is 0.0467 e. The Morgan fingerprint density at radius 2 is 1.79 bits per heavy atom. The zero-order chi connectivity index (χ0) is 14.2. The Morgan fingerprint density at radius 1 is 1.21 bits per heavy atom. The van der Waals surface area contributed by atoms with E-state index in [1.807, 2.05) is 12.1 Å². The van der Waals surface area contributed by atoms with Gasteiger partial charge in [0, 0.05) is 15.0 Å². The van der Waals surface area contributed by atoms with E-state index < -0.39 is 0 Å². The Labute approximate surface area is 130 Å². The molecule has 0 aromatic heterocycles. The predicted molar refractivity (Wildman–Crippen MR) is 86.4 cm³/mol. The van der Waals surface area contributed by atoms with E-state index >= 15 is 0 Å². The number of hydrogen-bond acceptors (Lipinski definition) is 1. The second kappa shape index (κ2) is 5.75. The van der Waals surface area contributed by atoms with Gasteiger partial charge in [-0.2, -0.15) is 0 Å². The van der Waals surface area contributed by atoms with Gasteiger partial charge >= 0.3 is 0 Å². The van der Waals surface area contributed by atoms with Crippen LogP contribution in [0, 0.1) is 17.8 Å². The molecule has 0 heterocycles. The van der Waals surface area contributed by atoms with Gasteiger partial charge in [-0.25, -0.2) is 0 Å². The number of benzene rings is 1. The third kappa shape index (κ3) is 3.34. The van der Waals surface area contributed by atoms with E-state index in [0.717, 1.165) is 26.9 Å². The molecule has 0 bridgehead atoms. The maximum Gasteiger partial charge on any atom is 0.0467 e. The molecule has 0 aliphatic heterocycles. The van der Waals surface area contributed by atoms with Crippen LogP contribution in [0.25, 0.3) is 0 Å². The normalized spacial score (nSPS) is 30.9. The average Bonchev–Trinajstić information content (AvgIpc) is 2.26. The van der Waals surface area contributed by atoms with Gasteiger partial charge in [-0.1, -0.05) is 47.4 Å². The van der Waals surface area contributed by atoms with Crippen LogP contribution < -0.4 is 5.73 Å². The molecule has 0 saturated heterocycles. The van der Waals surface area contributed by atoms with Crippen molar-refractivity contribution in [3.8, 4) is 0 Å². The second-order valence-corrected chi connectivity index (χ2v) is 7.84. The van der Waals surface area contributed by atoms with Gasteiger partial charge in [-0.3, -0.25) is 0 Å². The summed E-state index contributed by atoms with van der Waals surface area (Å²) in [5.41, 5.74) is 7.41. The van der Waals surface area contributed by atoms with Gasteiger partial charge < -0.3 is 5.73 Å². The molecule has 1 aromatic rings. The van der Waals surface area contributed by atoms with E-state index in [0.29, 0.717) is 5.92 Å². The molecule has 106 valence electrons. The molecule has 1 nitrogen and oxygen atoms in total. The van der Waals surface area contributed by atoms with Crippen molar-refractivity contribution in [2.45, 2.75) is 45.6 Å². The first kappa shape index (κ1) is 15.3. The Bertz CT molecular complexity index is 448. The summed E-state index contributed by atoms with van der Waals surface area (Å²) in [5, 5.41) is 0.769. The zero-order valence-corrected chi connectivity index (χ0v) is 14.3. The number of hydrogen-bond donors (Lipinski definition) is 1. The highest BCUT2D eigenvalue weighted by Gasteiger charge is 2.37. The second-order valence-electron chi connectivity index (χ2n) is 6.52. The summed E-state index contributed by atoms with van der Waals surface area (Å²) < 4.78 is 1.00. The van der Waals surface area contributed by atoms with Crippen LogP contribution in [0.15, 0.2) is 22.7 Å². The molecule has 3 heteroatoms. The van der Waals surface area contributed by atoms with Crippen molar-refractivity contribution in [2.75, 3.05) is 0 Å². The zero-order valence-electron chi connectivity index (χ0n) is 11.9. The largest absolute Gasteiger partial charge is 0.321 e. The summed E-state index contributed by atoms with van der Waals surface area (Å²) in [5.74, 6) is 2.02. The van der Waals surface area contributed by atoms with Crippen LogP contribution in [-0.4, -0.2) is 0 Å². The molecular formula is C16H23BrClN. The van der Waals surface area contributed by atoms with E-state index in [1.54, 1.807) is 0 Å². The third-order valence-corrected chi connectivity index (χ3v) is 5.34. The summed E-state index contributed by atoms with van der Waals surface area (Å²) in [7, 11) is 0. The molecule has 0 spiro atoms. The van der Waals surface area contributed by atoms with Crippen LogP contribution in [0.2, 0.25) is 5.02 Å². The molecular weight excluding hydrogens is 322 g/mol. The van der Waals surface area contributed by atoms with E-state index in [4.69, 9.17) is 17.3 Å². The maximum absolute atomic E-state index is 6.69. The predicted octanol–water partition coefficient (Wildman–Crippen LogP) is 5.35. The molecule has 0 amide bonds. The minimum atomic E-state index is -0.347. The van der Waals surface area contributed by atoms with Crippen LogP contribution in [0.1, 0.15) is 45.6 Å². The van der Waals surface area contributed by atoms with Gasteiger partial charge in [-0.15, -0.1) is 0 Å². The molecule has 1 aliphatic carbocycles. The van der Waals surface area contributed by atoms with Gasteiger partial charge in [0.15, 0.2) is 0 Å². The summed E-state index contributed by atoms with van der Waals surface area (Å²) in [6, 6.07) is 6.04. The number of rotatable bonds is 2. The fourth-order valence-corrected chi connectivity index (χ4v) is 4.46. The minimum Gasteiger partial charge on any atom is -0.321 e. The van der Waals surface area contributed by atoms with Gasteiger partial charge in [-0.05, 0) is 61.6 Å².